The molecule has 3 aromatic heterocycles. The molecule has 3 heterocycles. The number of thiophene rings is 1. The fourth-order valence-electron chi connectivity index (χ4n) is 3.50. The van der Waals surface area contributed by atoms with Crippen molar-refractivity contribution in [1.82, 2.24) is 10.1 Å². The van der Waals surface area contributed by atoms with E-state index in [1.165, 1.54) is 10.1 Å². The van der Waals surface area contributed by atoms with Crippen LogP contribution in [-0.4, -0.2) is 21.9 Å². The molecule has 2 aromatic carbocycles. The summed E-state index contributed by atoms with van der Waals surface area (Å²) in [5.41, 5.74) is 1.51. The van der Waals surface area contributed by atoms with Gasteiger partial charge in [0.1, 0.15) is 17.1 Å². The van der Waals surface area contributed by atoms with Crippen LogP contribution in [0, 0.1) is 6.92 Å². The van der Waals surface area contributed by atoms with E-state index in [0.29, 0.717) is 24.7 Å². The minimum Gasteiger partial charge on any atom is -0.493 e. The number of ether oxygens (including phenoxy) is 1. The van der Waals surface area contributed by atoms with Crippen LogP contribution in [0.4, 0.5) is 0 Å². The molecule has 7 nitrogen and oxygen atoms in total. The van der Waals surface area contributed by atoms with E-state index in [0.717, 1.165) is 21.9 Å². The van der Waals surface area contributed by atoms with Gasteiger partial charge in [-0.3, -0.25) is 4.79 Å². The van der Waals surface area contributed by atoms with E-state index in [9.17, 15) is 9.90 Å². The van der Waals surface area contributed by atoms with E-state index in [-0.39, 0.29) is 17.9 Å². The summed E-state index contributed by atoms with van der Waals surface area (Å²) in [6.45, 7) is 2.38. The number of rotatable bonds is 7. The highest BCUT2D eigenvalue weighted by Gasteiger charge is 2.15. The smallest absolute Gasteiger partial charge is 0.313 e. The number of aromatic amines is 1. The third kappa shape index (κ3) is 4.04. The SMILES string of the molecule is Cc1oc(-c2cc3ccccc3s2)nc1CCOc1ccc(Cc2c(O)o[nH]c2=O)cc1. The molecule has 0 aliphatic rings. The summed E-state index contributed by atoms with van der Waals surface area (Å²) >= 11 is 1.67. The molecular weight excluding hydrogens is 428 g/mol. The molecule has 0 fully saturated rings. The van der Waals surface area contributed by atoms with Gasteiger partial charge in [-0.2, -0.15) is 5.16 Å². The van der Waals surface area contributed by atoms with Gasteiger partial charge >= 0.3 is 5.95 Å². The van der Waals surface area contributed by atoms with Crippen molar-refractivity contribution >= 4 is 21.4 Å². The van der Waals surface area contributed by atoms with Gasteiger partial charge in [-0.25, -0.2) is 4.98 Å². The molecule has 0 unspecified atom stereocenters. The first kappa shape index (κ1) is 20.1. The van der Waals surface area contributed by atoms with Crippen molar-refractivity contribution in [2.45, 2.75) is 19.8 Å². The van der Waals surface area contributed by atoms with Gasteiger partial charge in [0, 0.05) is 17.5 Å². The summed E-state index contributed by atoms with van der Waals surface area (Å²) in [6, 6.07) is 17.7. The molecule has 0 radical (unpaired) electrons. The van der Waals surface area contributed by atoms with Crippen LogP contribution in [0.25, 0.3) is 20.9 Å². The fourth-order valence-corrected chi connectivity index (χ4v) is 4.49. The number of nitrogens with zero attached hydrogens (tertiary/aromatic N) is 1. The Morgan fingerprint density at radius 3 is 2.72 bits per heavy atom. The van der Waals surface area contributed by atoms with Gasteiger partial charge in [-0.15, -0.1) is 11.3 Å². The molecule has 0 bridgehead atoms. The van der Waals surface area contributed by atoms with Crippen molar-refractivity contribution < 1.29 is 18.8 Å². The molecule has 0 saturated carbocycles. The number of benzene rings is 2. The first-order valence-corrected chi connectivity index (χ1v) is 10.9. The van der Waals surface area contributed by atoms with Gasteiger partial charge in [0.2, 0.25) is 5.89 Å². The Kier molecular flexibility index (Phi) is 5.28. The average Bonchev–Trinajstić information content (AvgIpc) is 3.48. The zero-order valence-corrected chi connectivity index (χ0v) is 18.1. The number of hydrogen-bond donors (Lipinski definition) is 2. The number of nitrogens with one attached hydrogen (secondary N) is 1. The largest absolute Gasteiger partial charge is 0.493 e. The van der Waals surface area contributed by atoms with Crippen LogP contribution >= 0.6 is 11.3 Å². The van der Waals surface area contributed by atoms with Gasteiger partial charge < -0.3 is 18.8 Å². The van der Waals surface area contributed by atoms with E-state index in [1.54, 1.807) is 11.3 Å². The Morgan fingerprint density at radius 2 is 1.97 bits per heavy atom. The van der Waals surface area contributed by atoms with Crippen molar-refractivity contribution in [3.05, 3.63) is 87.5 Å². The van der Waals surface area contributed by atoms with E-state index < -0.39 is 5.56 Å². The monoisotopic (exact) mass is 448 g/mol. The lowest BCUT2D eigenvalue weighted by Gasteiger charge is -2.06. The minimum atomic E-state index is -0.430. The summed E-state index contributed by atoms with van der Waals surface area (Å²) in [4.78, 5) is 17.3. The third-order valence-electron chi connectivity index (χ3n) is 5.21. The second-order valence-electron chi connectivity index (χ2n) is 7.41. The minimum absolute atomic E-state index is 0.203. The molecule has 162 valence electrons. The molecule has 8 heteroatoms. The third-order valence-corrected chi connectivity index (χ3v) is 6.32. The zero-order valence-electron chi connectivity index (χ0n) is 17.3. The lowest BCUT2D eigenvalue weighted by Crippen LogP contribution is -2.06. The van der Waals surface area contributed by atoms with E-state index >= 15 is 0 Å². The van der Waals surface area contributed by atoms with Gasteiger partial charge in [0.15, 0.2) is 0 Å². The zero-order chi connectivity index (χ0) is 22.1. The van der Waals surface area contributed by atoms with Crippen LogP contribution in [0.2, 0.25) is 0 Å². The van der Waals surface area contributed by atoms with Crippen molar-refractivity contribution in [3.63, 3.8) is 0 Å². The first-order valence-electron chi connectivity index (χ1n) is 10.1. The summed E-state index contributed by atoms with van der Waals surface area (Å²) < 4.78 is 17.6. The second kappa shape index (κ2) is 8.39. The highest BCUT2D eigenvalue weighted by Crippen LogP contribution is 2.33. The molecule has 2 N–H and O–H groups in total. The van der Waals surface area contributed by atoms with E-state index in [2.05, 4.69) is 32.9 Å². The topological polar surface area (TPSA) is 101 Å². The standard InChI is InChI=1S/C24H20N2O5S/c1-14-19(25-23(30-14)21-13-16-4-2-3-5-20(16)32-21)10-11-29-17-8-6-15(7-9-17)12-18-22(27)26-31-24(18)28/h2-9,13,28H,10-12H2,1H3,(H,26,27). The summed E-state index contributed by atoms with van der Waals surface area (Å²) in [5.74, 6) is 1.76. The van der Waals surface area contributed by atoms with E-state index in [4.69, 9.17) is 9.15 Å². The van der Waals surface area contributed by atoms with Crippen LogP contribution in [0.3, 0.4) is 0 Å². The molecule has 0 spiro atoms. The number of oxazole rings is 1. The Hall–Kier alpha value is -3.78. The number of hydrogen-bond acceptors (Lipinski definition) is 7. The number of aromatic hydroxyl groups is 1. The molecule has 5 aromatic rings. The molecular formula is C24H20N2O5S. The van der Waals surface area contributed by atoms with Crippen LogP contribution in [0.1, 0.15) is 22.6 Å². The first-order chi connectivity index (χ1) is 15.6. The molecule has 0 aliphatic carbocycles. The van der Waals surface area contributed by atoms with Crippen molar-refractivity contribution in [3.8, 4) is 22.5 Å². The predicted molar refractivity (Wildman–Crippen MR) is 121 cm³/mol. The van der Waals surface area contributed by atoms with Crippen LogP contribution < -0.4 is 10.3 Å². The maximum absolute atomic E-state index is 11.6. The number of fused-ring (bicyclic) bond motifs is 1. The van der Waals surface area contributed by atoms with Crippen molar-refractivity contribution in [2.24, 2.45) is 0 Å². The molecule has 0 saturated heterocycles. The summed E-state index contributed by atoms with van der Waals surface area (Å²) in [5, 5.41) is 12.9. The Morgan fingerprint density at radius 1 is 1.16 bits per heavy atom. The van der Waals surface area contributed by atoms with Gasteiger partial charge in [0.25, 0.3) is 5.56 Å². The van der Waals surface area contributed by atoms with Gasteiger partial charge in [0.05, 0.1) is 17.2 Å². The lowest BCUT2D eigenvalue weighted by atomic mass is 10.1. The van der Waals surface area contributed by atoms with Crippen LogP contribution in [-0.2, 0) is 12.8 Å². The van der Waals surface area contributed by atoms with E-state index in [1.807, 2.05) is 43.3 Å². The molecule has 5 rings (SSSR count). The average molecular weight is 449 g/mol. The summed E-state index contributed by atoms with van der Waals surface area (Å²) in [6.07, 6.45) is 0.900. The Labute approximate surface area is 186 Å². The predicted octanol–water partition coefficient (Wildman–Crippen LogP) is 5.06. The fraction of sp³-hybridized carbons (Fsp3) is 0.167. The van der Waals surface area contributed by atoms with Crippen LogP contribution in [0.15, 0.2) is 68.3 Å². The number of aromatic nitrogens is 2. The number of aryl methyl sites for hydroxylation is 1. The molecule has 0 amide bonds. The number of H-pyrrole nitrogens is 1. The quantitative estimate of drug-likeness (QED) is 0.361. The molecule has 32 heavy (non-hydrogen) atoms. The van der Waals surface area contributed by atoms with Crippen molar-refractivity contribution in [2.75, 3.05) is 6.61 Å². The van der Waals surface area contributed by atoms with Gasteiger partial charge in [-0.1, -0.05) is 30.3 Å². The van der Waals surface area contributed by atoms with Crippen molar-refractivity contribution in [1.29, 1.82) is 0 Å². The highest BCUT2D eigenvalue weighted by molar-refractivity contribution is 7.22. The maximum atomic E-state index is 11.6. The second-order valence-corrected chi connectivity index (χ2v) is 8.49. The maximum Gasteiger partial charge on any atom is 0.313 e. The van der Waals surface area contributed by atoms with Gasteiger partial charge in [-0.05, 0) is 42.1 Å². The lowest BCUT2D eigenvalue weighted by molar-refractivity contribution is 0.274. The normalized spacial score (nSPS) is 11.3. The summed E-state index contributed by atoms with van der Waals surface area (Å²) in [7, 11) is 0. The Bertz CT molecular complexity index is 1390. The Balaban J connectivity index is 1.21. The van der Waals surface area contributed by atoms with Crippen LogP contribution in [0.5, 0.6) is 11.7 Å². The molecule has 0 atom stereocenters. The highest BCUT2D eigenvalue weighted by atomic mass is 32.1. The molecule has 0 aliphatic heterocycles.